The SMILES string of the molecule is CCC[Si](F)(F)C(C)(C)F. The van der Waals surface area contributed by atoms with Crippen molar-refractivity contribution in [2.45, 2.75) is 38.5 Å². The first-order valence-electron chi connectivity index (χ1n) is 3.38. The molecule has 0 aromatic rings. The third-order valence-electron chi connectivity index (χ3n) is 1.43. The van der Waals surface area contributed by atoms with Crippen LogP contribution in [0, 0.1) is 0 Å². The fourth-order valence-corrected chi connectivity index (χ4v) is 1.83. The molecule has 0 N–H and O–H groups in total. The molecule has 0 heterocycles. The van der Waals surface area contributed by atoms with Crippen LogP contribution in [0.5, 0.6) is 0 Å². The van der Waals surface area contributed by atoms with Gasteiger partial charge < -0.3 is 0 Å². The van der Waals surface area contributed by atoms with Gasteiger partial charge in [-0.05, 0) is 13.8 Å². The van der Waals surface area contributed by atoms with E-state index < -0.39 is 14.0 Å². The van der Waals surface area contributed by atoms with Gasteiger partial charge in [0, 0.05) is 6.04 Å². The number of rotatable bonds is 3. The van der Waals surface area contributed by atoms with Crippen molar-refractivity contribution in [3.63, 3.8) is 0 Å². The van der Waals surface area contributed by atoms with Gasteiger partial charge in [0.15, 0.2) is 5.29 Å². The Morgan fingerprint density at radius 2 is 1.70 bits per heavy atom. The van der Waals surface area contributed by atoms with Crippen LogP contribution in [0.4, 0.5) is 12.6 Å². The van der Waals surface area contributed by atoms with Gasteiger partial charge in [-0.1, -0.05) is 13.3 Å². The molecular weight excluding hydrogens is 157 g/mol. The molecule has 0 aliphatic carbocycles. The summed E-state index contributed by atoms with van der Waals surface area (Å²) in [5, 5.41) is -2.25. The zero-order valence-electron chi connectivity index (χ0n) is 6.55. The fraction of sp³-hybridized carbons (Fsp3) is 1.00. The highest BCUT2D eigenvalue weighted by molar-refractivity contribution is 6.69. The van der Waals surface area contributed by atoms with E-state index in [1.165, 1.54) is 0 Å². The molecule has 0 aromatic heterocycles. The molecule has 0 aliphatic rings. The first-order valence-corrected chi connectivity index (χ1v) is 5.34. The number of hydrogen-bond donors (Lipinski definition) is 0. The van der Waals surface area contributed by atoms with Crippen molar-refractivity contribution < 1.29 is 12.6 Å². The van der Waals surface area contributed by atoms with E-state index in [2.05, 4.69) is 0 Å². The van der Waals surface area contributed by atoms with Crippen LogP contribution in [0.25, 0.3) is 0 Å². The molecule has 0 fully saturated rings. The number of halogens is 3. The van der Waals surface area contributed by atoms with Crippen molar-refractivity contribution in [3.05, 3.63) is 0 Å². The zero-order valence-corrected chi connectivity index (χ0v) is 7.55. The second-order valence-corrected chi connectivity index (χ2v) is 6.02. The lowest BCUT2D eigenvalue weighted by Gasteiger charge is -2.22. The average Bonchev–Trinajstić information content (AvgIpc) is 1.61. The summed E-state index contributed by atoms with van der Waals surface area (Å²) in [6.45, 7) is 3.58. The minimum Gasteiger partial charge on any atom is -0.267 e. The summed E-state index contributed by atoms with van der Waals surface area (Å²) in [4.78, 5) is 0. The largest absolute Gasteiger partial charge is 0.460 e. The van der Waals surface area contributed by atoms with Crippen molar-refractivity contribution in [1.29, 1.82) is 0 Å². The Hall–Kier alpha value is 0.00688. The van der Waals surface area contributed by atoms with E-state index in [1.807, 2.05) is 0 Å². The summed E-state index contributed by atoms with van der Waals surface area (Å²) in [6.07, 6.45) is 0.368. The first kappa shape index (κ1) is 10.0. The van der Waals surface area contributed by atoms with Crippen molar-refractivity contribution in [1.82, 2.24) is 0 Å². The van der Waals surface area contributed by atoms with E-state index in [1.54, 1.807) is 6.92 Å². The summed E-state index contributed by atoms with van der Waals surface area (Å²) in [5.41, 5.74) is 0. The second kappa shape index (κ2) is 2.94. The fourth-order valence-electron chi connectivity index (χ4n) is 0.611. The van der Waals surface area contributed by atoms with Crippen LogP contribution in [0.3, 0.4) is 0 Å². The number of alkyl halides is 1. The third kappa shape index (κ3) is 2.32. The van der Waals surface area contributed by atoms with Crippen molar-refractivity contribution in [2.75, 3.05) is 0 Å². The molecule has 10 heavy (non-hydrogen) atoms. The highest BCUT2D eigenvalue weighted by atomic mass is 28.4. The van der Waals surface area contributed by atoms with Gasteiger partial charge in [0.2, 0.25) is 0 Å². The highest BCUT2D eigenvalue weighted by Gasteiger charge is 2.51. The summed E-state index contributed by atoms with van der Waals surface area (Å²) < 4.78 is 38.1. The standard InChI is InChI=1S/C6H13F3Si/c1-4-5-10(8,9)6(2,3)7/h4-5H2,1-3H3. The molecule has 0 unspecified atom stereocenters. The minimum atomic E-state index is -4.57. The Kier molecular flexibility index (Phi) is 2.95. The predicted molar refractivity (Wildman–Crippen MR) is 38.3 cm³/mol. The van der Waals surface area contributed by atoms with Crippen molar-refractivity contribution >= 4 is 8.74 Å². The molecule has 4 heteroatoms. The summed E-state index contributed by atoms with van der Waals surface area (Å²) in [6, 6.07) is -0.240. The maximum absolute atomic E-state index is 12.7. The monoisotopic (exact) mass is 170 g/mol. The van der Waals surface area contributed by atoms with E-state index in [-0.39, 0.29) is 6.04 Å². The first-order chi connectivity index (χ1) is 4.31. The summed E-state index contributed by atoms with van der Waals surface area (Å²) in [7, 11) is -4.57. The molecule has 62 valence electrons. The highest BCUT2D eigenvalue weighted by Crippen LogP contribution is 2.31. The molecule has 0 saturated carbocycles. The van der Waals surface area contributed by atoms with Crippen LogP contribution in [0.2, 0.25) is 6.04 Å². The molecule has 0 atom stereocenters. The van der Waals surface area contributed by atoms with Gasteiger partial charge in [0.1, 0.15) is 0 Å². The van der Waals surface area contributed by atoms with Crippen LogP contribution in [-0.4, -0.2) is 14.0 Å². The molecule has 0 amide bonds. The summed E-state index contributed by atoms with van der Waals surface area (Å²) in [5.74, 6) is 0. The lowest BCUT2D eigenvalue weighted by atomic mass is 10.5. The predicted octanol–water partition coefficient (Wildman–Crippen LogP) is 3.06. The molecule has 0 saturated heterocycles. The molecule has 0 aliphatic heterocycles. The minimum absolute atomic E-state index is 0.240. The van der Waals surface area contributed by atoms with Gasteiger partial charge in [0.25, 0.3) is 0 Å². The molecule has 0 aromatic carbocycles. The lowest BCUT2D eigenvalue weighted by molar-refractivity contribution is 0.265. The van der Waals surface area contributed by atoms with Gasteiger partial charge in [-0.3, -0.25) is 8.22 Å². The van der Waals surface area contributed by atoms with E-state index >= 15 is 0 Å². The van der Waals surface area contributed by atoms with E-state index in [0.717, 1.165) is 13.8 Å². The maximum atomic E-state index is 12.7. The van der Waals surface area contributed by atoms with Crippen molar-refractivity contribution in [3.8, 4) is 0 Å². The van der Waals surface area contributed by atoms with Crippen LogP contribution in [-0.2, 0) is 0 Å². The van der Waals surface area contributed by atoms with E-state index in [0.29, 0.717) is 6.42 Å². The molecule has 0 radical (unpaired) electrons. The number of hydrogen-bond acceptors (Lipinski definition) is 0. The smallest absolute Gasteiger partial charge is 0.267 e. The Bertz CT molecular complexity index is 106. The topological polar surface area (TPSA) is 0 Å². The molecule has 0 rings (SSSR count). The van der Waals surface area contributed by atoms with Gasteiger partial charge in [0.05, 0.1) is 0 Å². The third-order valence-corrected chi connectivity index (χ3v) is 4.30. The molecule has 0 spiro atoms. The Labute approximate surface area is 60.8 Å². The van der Waals surface area contributed by atoms with Crippen LogP contribution in [0.1, 0.15) is 27.2 Å². The Morgan fingerprint density at radius 1 is 1.30 bits per heavy atom. The van der Waals surface area contributed by atoms with E-state index in [4.69, 9.17) is 0 Å². The average molecular weight is 170 g/mol. The molecule has 0 nitrogen and oxygen atoms in total. The zero-order chi connectivity index (χ0) is 8.41. The van der Waals surface area contributed by atoms with E-state index in [9.17, 15) is 12.6 Å². The Morgan fingerprint density at radius 3 is 1.80 bits per heavy atom. The molecule has 0 bridgehead atoms. The second-order valence-electron chi connectivity index (χ2n) is 2.93. The van der Waals surface area contributed by atoms with Crippen LogP contribution < -0.4 is 0 Å². The van der Waals surface area contributed by atoms with Crippen molar-refractivity contribution in [2.24, 2.45) is 0 Å². The molecular formula is C6H13F3Si. The van der Waals surface area contributed by atoms with Crippen LogP contribution in [0.15, 0.2) is 0 Å². The quantitative estimate of drug-likeness (QED) is 0.451. The van der Waals surface area contributed by atoms with Crippen LogP contribution >= 0.6 is 0 Å². The Balaban J connectivity index is 4.10. The van der Waals surface area contributed by atoms with Gasteiger partial charge >= 0.3 is 8.74 Å². The lowest BCUT2D eigenvalue weighted by Crippen LogP contribution is -2.44. The normalized spacial score (nSPS) is 13.8. The maximum Gasteiger partial charge on any atom is 0.460 e. The van der Waals surface area contributed by atoms with Gasteiger partial charge in [-0.25, -0.2) is 4.39 Å². The summed E-state index contributed by atoms with van der Waals surface area (Å²) >= 11 is 0. The van der Waals surface area contributed by atoms with Gasteiger partial charge in [-0.2, -0.15) is 0 Å². The van der Waals surface area contributed by atoms with Gasteiger partial charge in [-0.15, -0.1) is 0 Å².